The van der Waals surface area contributed by atoms with Crippen LogP contribution < -0.4 is 21.3 Å². The van der Waals surface area contributed by atoms with E-state index in [9.17, 15) is 14.0 Å². The van der Waals surface area contributed by atoms with Crippen molar-refractivity contribution >= 4 is 29.1 Å². The molecule has 1 saturated heterocycles. The molecule has 1 aromatic heterocycles. The van der Waals surface area contributed by atoms with Gasteiger partial charge in [0.2, 0.25) is 0 Å². The van der Waals surface area contributed by atoms with Gasteiger partial charge in [-0.1, -0.05) is 6.07 Å². The maximum atomic E-state index is 13.8. The summed E-state index contributed by atoms with van der Waals surface area (Å²) in [5.41, 5.74) is 2.51. The average molecular weight is 496 g/mol. The first-order valence-corrected chi connectivity index (χ1v) is 12.4. The average Bonchev–Trinajstić information content (AvgIpc) is 3.49. The Bertz CT molecular complexity index is 1190. The zero-order chi connectivity index (χ0) is 24.2. The largest absolute Gasteiger partial charge is 0.464 e. The molecule has 2 aromatic rings. The quantitative estimate of drug-likeness (QED) is 0.433. The van der Waals surface area contributed by atoms with Crippen LogP contribution >= 0.6 is 11.8 Å². The van der Waals surface area contributed by atoms with Crippen LogP contribution in [0.2, 0.25) is 0 Å². The Labute approximate surface area is 206 Å². The number of halogens is 1. The topological polar surface area (TPSA) is 108 Å². The van der Waals surface area contributed by atoms with Crippen molar-refractivity contribution in [3.05, 3.63) is 70.7 Å². The number of imide groups is 1. The molecule has 0 spiro atoms. The molecule has 5 rings (SSSR count). The van der Waals surface area contributed by atoms with Crippen molar-refractivity contribution in [3.8, 4) is 11.3 Å². The Morgan fingerprint density at radius 3 is 2.74 bits per heavy atom. The third-order valence-electron chi connectivity index (χ3n) is 6.28. The van der Waals surface area contributed by atoms with Gasteiger partial charge in [-0.25, -0.2) is 4.39 Å². The molecule has 35 heavy (non-hydrogen) atoms. The number of aliphatic imine (C=N–C) groups is 1. The Balaban J connectivity index is 1.10. The molecule has 4 N–H and O–H groups in total. The molecule has 0 radical (unpaired) electrons. The highest BCUT2D eigenvalue weighted by Gasteiger charge is 2.27. The number of carbonyl (C=O) groups excluding carboxylic acids is 2. The fourth-order valence-electron chi connectivity index (χ4n) is 4.50. The summed E-state index contributed by atoms with van der Waals surface area (Å²) in [6.07, 6.45) is 10.5. The van der Waals surface area contributed by atoms with Crippen LogP contribution in [0.3, 0.4) is 0 Å². The highest BCUT2D eigenvalue weighted by molar-refractivity contribution is 8.18. The lowest BCUT2D eigenvalue weighted by molar-refractivity contribution is -0.115. The van der Waals surface area contributed by atoms with Gasteiger partial charge in [0.05, 0.1) is 11.2 Å². The minimum Gasteiger partial charge on any atom is -0.464 e. The van der Waals surface area contributed by atoms with Crippen molar-refractivity contribution in [2.75, 3.05) is 0 Å². The second-order valence-electron chi connectivity index (χ2n) is 8.69. The zero-order valence-corrected chi connectivity index (χ0v) is 19.7. The highest BCUT2D eigenvalue weighted by atomic mass is 32.2. The van der Waals surface area contributed by atoms with Crippen LogP contribution in [0.4, 0.5) is 9.18 Å². The molecule has 1 saturated carbocycles. The molecular weight excluding hydrogens is 469 g/mol. The predicted octanol–water partition coefficient (Wildman–Crippen LogP) is 3.78. The van der Waals surface area contributed by atoms with E-state index in [-0.39, 0.29) is 23.3 Å². The number of rotatable bonds is 7. The van der Waals surface area contributed by atoms with E-state index in [1.165, 1.54) is 12.1 Å². The second-order valence-corrected chi connectivity index (χ2v) is 9.71. The van der Waals surface area contributed by atoms with Crippen LogP contribution in [0.25, 0.3) is 11.3 Å². The third kappa shape index (κ3) is 5.90. The standard InChI is InChI=1S/C25H26FN5O3S/c26-16-4-3-15(20(12-16)21-2-1-11-34-21)14-28-17-5-7-18(8-6-17)29-24-27-10-9-19(30-24)13-22-23(32)31-25(33)35-22/h1-4,9-13,17-18,24,28-30H,5-8,14H2,(H,31,32,33)/b22-13-/t17-,18-,24?. The summed E-state index contributed by atoms with van der Waals surface area (Å²) in [4.78, 5) is 27.9. The van der Waals surface area contributed by atoms with E-state index >= 15 is 0 Å². The van der Waals surface area contributed by atoms with E-state index in [0.717, 1.165) is 54.3 Å². The number of allylic oxidation sites excluding steroid dienone is 2. The number of benzene rings is 1. The Kier molecular flexibility index (Phi) is 7.12. The Hall–Kier alpha value is -3.21. The Morgan fingerprint density at radius 1 is 1.17 bits per heavy atom. The molecule has 2 amide bonds. The first-order chi connectivity index (χ1) is 17.0. The number of hydrogen-bond donors (Lipinski definition) is 4. The molecule has 1 atom stereocenters. The molecule has 182 valence electrons. The molecule has 1 aromatic carbocycles. The first-order valence-electron chi connectivity index (χ1n) is 11.6. The first kappa shape index (κ1) is 23.5. The number of nitrogens with one attached hydrogen (secondary N) is 4. The van der Waals surface area contributed by atoms with E-state index in [1.807, 2.05) is 12.1 Å². The van der Waals surface area contributed by atoms with Gasteiger partial charge in [-0.05, 0) is 79.4 Å². The maximum Gasteiger partial charge on any atom is 0.290 e. The SMILES string of the molecule is O=C1NC(=O)/C(=C/C2=CC=NC(N[C@H]3CC[C@H](NCc4ccc(F)cc4-c4ccco4)CC3)N2)S1. The molecule has 2 fully saturated rings. The van der Waals surface area contributed by atoms with Gasteiger partial charge in [-0.3, -0.25) is 25.2 Å². The summed E-state index contributed by atoms with van der Waals surface area (Å²) in [6.45, 7) is 0.643. The number of amides is 2. The van der Waals surface area contributed by atoms with Crippen LogP contribution in [-0.4, -0.2) is 35.7 Å². The molecule has 3 heterocycles. The maximum absolute atomic E-state index is 13.8. The monoisotopic (exact) mass is 495 g/mol. The fourth-order valence-corrected chi connectivity index (χ4v) is 5.17. The van der Waals surface area contributed by atoms with Crippen molar-refractivity contribution < 1.29 is 18.4 Å². The Morgan fingerprint density at radius 2 is 2.00 bits per heavy atom. The van der Waals surface area contributed by atoms with Crippen molar-refractivity contribution in [2.45, 2.75) is 50.6 Å². The van der Waals surface area contributed by atoms with E-state index in [0.29, 0.717) is 29.3 Å². The van der Waals surface area contributed by atoms with Crippen LogP contribution in [0.15, 0.2) is 68.8 Å². The summed E-state index contributed by atoms with van der Waals surface area (Å²) in [5.74, 6) is 0.00804. The van der Waals surface area contributed by atoms with Crippen LogP contribution in [-0.2, 0) is 11.3 Å². The van der Waals surface area contributed by atoms with Crippen LogP contribution in [0.5, 0.6) is 0 Å². The van der Waals surface area contributed by atoms with Crippen molar-refractivity contribution in [2.24, 2.45) is 4.99 Å². The molecule has 10 heteroatoms. The van der Waals surface area contributed by atoms with Gasteiger partial charge in [0.15, 0.2) is 6.29 Å². The van der Waals surface area contributed by atoms with Crippen molar-refractivity contribution in [1.82, 2.24) is 21.3 Å². The lowest BCUT2D eigenvalue weighted by Crippen LogP contribution is -2.49. The molecule has 0 bridgehead atoms. The van der Waals surface area contributed by atoms with E-state index in [2.05, 4.69) is 26.3 Å². The lowest BCUT2D eigenvalue weighted by Gasteiger charge is -2.32. The number of hydrogen-bond acceptors (Lipinski definition) is 8. The summed E-state index contributed by atoms with van der Waals surface area (Å²) in [7, 11) is 0. The summed E-state index contributed by atoms with van der Waals surface area (Å²) >= 11 is 0.893. The smallest absolute Gasteiger partial charge is 0.290 e. The van der Waals surface area contributed by atoms with Gasteiger partial charge in [0.1, 0.15) is 11.6 Å². The zero-order valence-electron chi connectivity index (χ0n) is 18.9. The summed E-state index contributed by atoms with van der Waals surface area (Å²) < 4.78 is 19.3. The second kappa shape index (κ2) is 10.6. The third-order valence-corrected chi connectivity index (χ3v) is 7.09. The van der Waals surface area contributed by atoms with Gasteiger partial charge in [-0.15, -0.1) is 0 Å². The molecule has 1 unspecified atom stereocenters. The molecule has 3 aliphatic rings. The number of furan rings is 1. The minimum absolute atomic E-state index is 0.279. The summed E-state index contributed by atoms with van der Waals surface area (Å²) in [5, 5.41) is 12.3. The molecule has 1 aliphatic carbocycles. The predicted molar refractivity (Wildman–Crippen MR) is 133 cm³/mol. The van der Waals surface area contributed by atoms with Gasteiger partial charge in [0.25, 0.3) is 11.1 Å². The van der Waals surface area contributed by atoms with Crippen molar-refractivity contribution in [1.29, 1.82) is 0 Å². The molecular formula is C25H26FN5O3S. The summed E-state index contributed by atoms with van der Waals surface area (Å²) in [6, 6.07) is 9.14. The van der Waals surface area contributed by atoms with Gasteiger partial charge in [0, 0.05) is 36.1 Å². The van der Waals surface area contributed by atoms with E-state index in [4.69, 9.17) is 4.42 Å². The molecule has 8 nitrogen and oxygen atoms in total. The fraction of sp³-hybridized carbons (Fsp3) is 0.320. The number of nitrogens with zero attached hydrogens (tertiary/aromatic N) is 1. The van der Waals surface area contributed by atoms with Gasteiger partial charge in [-0.2, -0.15) is 0 Å². The van der Waals surface area contributed by atoms with Crippen LogP contribution in [0, 0.1) is 5.82 Å². The van der Waals surface area contributed by atoms with E-state index in [1.54, 1.807) is 30.7 Å². The van der Waals surface area contributed by atoms with Crippen molar-refractivity contribution in [3.63, 3.8) is 0 Å². The number of carbonyl (C=O) groups is 2. The number of thioether (sulfide) groups is 1. The highest BCUT2D eigenvalue weighted by Crippen LogP contribution is 2.27. The van der Waals surface area contributed by atoms with Gasteiger partial charge < -0.3 is 15.1 Å². The van der Waals surface area contributed by atoms with E-state index < -0.39 is 0 Å². The van der Waals surface area contributed by atoms with Crippen LogP contribution in [0.1, 0.15) is 31.2 Å². The lowest BCUT2D eigenvalue weighted by atomic mass is 9.91. The molecule has 2 aliphatic heterocycles. The normalized spacial score (nSPS) is 25.5. The minimum atomic E-state index is -0.377. The van der Waals surface area contributed by atoms with Gasteiger partial charge >= 0.3 is 0 Å².